The van der Waals surface area contributed by atoms with E-state index >= 15 is 0 Å². The number of likely N-dealkylation sites (tertiary alicyclic amines) is 1. The molecule has 1 fully saturated rings. The Morgan fingerprint density at radius 3 is 2.64 bits per heavy atom. The second-order valence-corrected chi connectivity index (χ2v) is 2.30. The Balaban J connectivity index is 2.69. The first-order chi connectivity index (χ1) is 6.14. The van der Waals surface area contributed by atoms with Gasteiger partial charge < -0.3 is 4.90 Å². The molecular weight excluding hydrogens is 159 g/mol. The highest BCUT2D eigenvalue weighted by Crippen LogP contribution is 2.25. The first kappa shape index (κ1) is 5.00. The summed E-state index contributed by atoms with van der Waals surface area (Å²) in [4.78, 5) is 11.0. The van der Waals surface area contributed by atoms with Gasteiger partial charge in [-0.25, -0.2) is 0 Å². The molecular formula is C6H8F3NO. The van der Waals surface area contributed by atoms with Crippen molar-refractivity contribution in [1.82, 2.24) is 4.90 Å². The molecule has 0 saturated carbocycles. The normalized spacial score (nSPS) is 29.9. The van der Waals surface area contributed by atoms with Crippen molar-refractivity contribution < 1.29 is 22.1 Å². The monoisotopic (exact) mass is 170 g/mol. The quantitative estimate of drug-likeness (QED) is 0.534. The summed E-state index contributed by atoms with van der Waals surface area (Å²) in [6.07, 6.45) is -4.89. The van der Waals surface area contributed by atoms with Gasteiger partial charge >= 0.3 is 12.1 Å². The van der Waals surface area contributed by atoms with Gasteiger partial charge in [0.2, 0.25) is 0 Å². The SMILES string of the molecule is [2H]C([2H])([2H])C1CCN1C(=O)C(F)(F)F. The molecule has 1 amide bonds. The third-order valence-electron chi connectivity index (χ3n) is 1.52. The molecule has 64 valence electrons. The van der Waals surface area contributed by atoms with Gasteiger partial charge in [0, 0.05) is 16.7 Å². The molecule has 1 atom stereocenters. The lowest BCUT2D eigenvalue weighted by molar-refractivity contribution is -0.192. The van der Waals surface area contributed by atoms with Crippen LogP contribution in [-0.2, 0) is 4.79 Å². The fourth-order valence-electron chi connectivity index (χ4n) is 0.793. The minimum absolute atomic E-state index is 0.0956. The summed E-state index contributed by atoms with van der Waals surface area (Å²) < 4.78 is 56.4. The Hall–Kier alpha value is -0.740. The molecule has 0 aromatic carbocycles. The van der Waals surface area contributed by atoms with E-state index in [1.807, 2.05) is 0 Å². The van der Waals surface area contributed by atoms with Crippen molar-refractivity contribution in [3.05, 3.63) is 0 Å². The minimum Gasteiger partial charge on any atom is -0.332 e. The molecule has 0 spiro atoms. The molecule has 5 heteroatoms. The van der Waals surface area contributed by atoms with Crippen molar-refractivity contribution in [2.75, 3.05) is 6.54 Å². The second-order valence-electron chi connectivity index (χ2n) is 2.30. The van der Waals surface area contributed by atoms with Crippen LogP contribution in [0, 0.1) is 0 Å². The average Bonchev–Trinajstić information content (AvgIpc) is 1.77. The van der Waals surface area contributed by atoms with Crippen molar-refractivity contribution in [2.45, 2.75) is 25.5 Å². The van der Waals surface area contributed by atoms with E-state index in [0.29, 0.717) is 4.90 Å². The summed E-state index contributed by atoms with van der Waals surface area (Å²) in [7, 11) is 0. The van der Waals surface area contributed by atoms with Gasteiger partial charge in [-0.05, 0) is 13.3 Å². The molecule has 2 nitrogen and oxygen atoms in total. The smallest absolute Gasteiger partial charge is 0.332 e. The van der Waals surface area contributed by atoms with E-state index < -0.39 is 25.0 Å². The maximum atomic E-state index is 11.9. The Kier molecular flexibility index (Phi) is 1.09. The zero-order valence-corrected chi connectivity index (χ0v) is 5.48. The van der Waals surface area contributed by atoms with E-state index in [1.54, 1.807) is 0 Å². The van der Waals surface area contributed by atoms with Crippen molar-refractivity contribution in [3.63, 3.8) is 0 Å². The van der Waals surface area contributed by atoms with Crippen LogP contribution in [0.2, 0.25) is 0 Å². The molecule has 0 aromatic heterocycles. The topological polar surface area (TPSA) is 20.3 Å². The lowest BCUT2D eigenvalue weighted by atomic mass is 10.1. The largest absolute Gasteiger partial charge is 0.471 e. The third-order valence-corrected chi connectivity index (χ3v) is 1.52. The van der Waals surface area contributed by atoms with Crippen LogP contribution in [0.1, 0.15) is 17.4 Å². The number of alkyl halides is 3. The van der Waals surface area contributed by atoms with Crippen LogP contribution in [0.3, 0.4) is 0 Å². The first-order valence-corrected chi connectivity index (χ1v) is 3.02. The number of halogens is 3. The van der Waals surface area contributed by atoms with Gasteiger partial charge in [-0.2, -0.15) is 13.2 Å². The fraction of sp³-hybridized carbons (Fsp3) is 0.833. The van der Waals surface area contributed by atoms with E-state index in [4.69, 9.17) is 4.11 Å². The molecule has 11 heavy (non-hydrogen) atoms. The molecule has 0 aromatic rings. The van der Waals surface area contributed by atoms with Gasteiger partial charge in [0.15, 0.2) is 0 Å². The van der Waals surface area contributed by atoms with E-state index in [1.165, 1.54) is 0 Å². The molecule has 1 aliphatic rings. The van der Waals surface area contributed by atoms with Crippen LogP contribution in [0.15, 0.2) is 0 Å². The molecule has 1 saturated heterocycles. The maximum absolute atomic E-state index is 11.9. The van der Waals surface area contributed by atoms with Gasteiger partial charge in [0.05, 0.1) is 0 Å². The van der Waals surface area contributed by atoms with Gasteiger partial charge in [-0.3, -0.25) is 4.79 Å². The van der Waals surface area contributed by atoms with Crippen molar-refractivity contribution in [2.24, 2.45) is 0 Å². The molecule has 1 heterocycles. The van der Waals surface area contributed by atoms with Gasteiger partial charge in [0.25, 0.3) is 0 Å². The standard InChI is InChI=1S/C6H8F3NO/c1-4-2-3-10(4)5(11)6(7,8)9/h4H,2-3H2,1H3/i1D3. The summed E-state index contributed by atoms with van der Waals surface area (Å²) in [5.41, 5.74) is 0. The number of rotatable bonds is 0. The van der Waals surface area contributed by atoms with E-state index in [2.05, 4.69) is 0 Å². The Morgan fingerprint density at radius 2 is 2.36 bits per heavy atom. The molecule has 0 bridgehead atoms. The number of hydrogen-bond acceptors (Lipinski definition) is 1. The predicted octanol–water partition coefficient (Wildman–Crippen LogP) is 1.17. The Labute approximate surface area is 66.2 Å². The molecule has 0 N–H and O–H groups in total. The number of hydrogen-bond donors (Lipinski definition) is 0. The minimum atomic E-state index is -4.98. The number of nitrogens with zero attached hydrogens (tertiary/aromatic N) is 1. The zero-order valence-electron chi connectivity index (χ0n) is 8.48. The van der Waals surface area contributed by atoms with E-state index in [9.17, 15) is 18.0 Å². The highest BCUT2D eigenvalue weighted by molar-refractivity contribution is 5.82. The second kappa shape index (κ2) is 2.39. The molecule has 0 aliphatic carbocycles. The zero-order chi connectivity index (χ0) is 11.1. The van der Waals surface area contributed by atoms with Crippen LogP contribution < -0.4 is 0 Å². The summed E-state index contributed by atoms with van der Waals surface area (Å²) in [6, 6.07) is -1.28. The van der Waals surface area contributed by atoms with Gasteiger partial charge in [0.1, 0.15) is 0 Å². The Morgan fingerprint density at radius 1 is 1.73 bits per heavy atom. The maximum Gasteiger partial charge on any atom is 0.471 e. The molecule has 1 unspecified atom stereocenters. The summed E-state index contributed by atoms with van der Waals surface area (Å²) in [6.45, 7) is -2.67. The lowest BCUT2D eigenvalue weighted by Gasteiger charge is -2.38. The molecule has 1 aliphatic heterocycles. The van der Waals surface area contributed by atoms with Crippen molar-refractivity contribution in [3.8, 4) is 0 Å². The predicted molar refractivity (Wildman–Crippen MR) is 31.8 cm³/mol. The lowest BCUT2D eigenvalue weighted by Crippen LogP contribution is -2.54. The van der Waals surface area contributed by atoms with E-state index in [0.717, 1.165) is 0 Å². The number of carbonyl (C=O) groups excluding carboxylic acids is 1. The fourth-order valence-corrected chi connectivity index (χ4v) is 0.793. The van der Waals surface area contributed by atoms with Crippen LogP contribution in [0.25, 0.3) is 0 Å². The van der Waals surface area contributed by atoms with Crippen molar-refractivity contribution >= 4 is 5.91 Å². The highest BCUT2D eigenvalue weighted by atomic mass is 19.4. The summed E-state index contributed by atoms with van der Waals surface area (Å²) >= 11 is 0. The molecule has 0 radical (unpaired) electrons. The van der Waals surface area contributed by atoms with Gasteiger partial charge in [-0.1, -0.05) is 0 Å². The van der Waals surface area contributed by atoms with E-state index in [-0.39, 0.29) is 13.0 Å². The first-order valence-electron chi connectivity index (χ1n) is 4.52. The van der Waals surface area contributed by atoms with Crippen molar-refractivity contribution in [1.29, 1.82) is 0 Å². The van der Waals surface area contributed by atoms with Gasteiger partial charge in [-0.15, -0.1) is 0 Å². The summed E-state index contributed by atoms with van der Waals surface area (Å²) in [5, 5.41) is 0. The van der Waals surface area contributed by atoms with Crippen LogP contribution in [0.4, 0.5) is 13.2 Å². The summed E-state index contributed by atoms with van der Waals surface area (Å²) in [5.74, 6) is -2.06. The number of amides is 1. The Bertz CT molecular complexity index is 250. The van der Waals surface area contributed by atoms with Crippen LogP contribution in [0.5, 0.6) is 0 Å². The third kappa shape index (κ3) is 1.46. The average molecular weight is 170 g/mol. The number of carbonyl (C=O) groups is 1. The van der Waals surface area contributed by atoms with Crippen LogP contribution in [-0.4, -0.2) is 29.6 Å². The van der Waals surface area contributed by atoms with Crippen LogP contribution >= 0.6 is 0 Å². The molecule has 1 rings (SSSR count). The highest BCUT2D eigenvalue weighted by Gasteiger charge is 2.46.